The van der Waals surface area contributed by atoms with Crippen LogP contribution in [0.5, 0.6) is 0 Å². The van der Waals surface area contributed by atoms with Crippen LogP contribution in [-0.2, 0) is 11.3 Å². The molecule has 5 nitrogen and oxygen atoms in total. The van der Waals surface area contributed by atoms with Crippen LogP contribution in [0.25, 0.3) is 11.0 Å². The molecule has 5 heteroatoms. The van der Waals surface area contributed by atoms with Gasteiger partial charge in [0.2, 0.25) is 5.91 Å². The van der Waals surface area contributed by atoms with Gasteiger partial charge in [-0.1, -0.05) is 12.1 Å². The first kappa shape index (κ1) is 12.1. The van der Waals surface area contributed by atoms with E-state index in [1.165, 1.54) is 0 Å². The van der Waals surface area contributed by atoms with Crippen molar-refractivity contribution < 1.29 is 4.79 Å². The second-order valence-corrected chi connectivity index (χ2v) is 4.08. The first-order valence-corrected chi connectivity index (χ1v) is 5.73. The highest BCUT2D eigenvalue weighted by Crippen LogP contribution is 2.11. The Morgan fingerprint density at radius 1 is 1.50 bits per heavy atom. The van der Waals surface area contributed by atoms with Gasteiger partial charge in [0.1, 0.15) is 6.54 Å². The Kier molecular flexibility index (Phi) is 3.58. The number of aromatic nitrogens is 2. The van der Waals surface area contributed by atoms with Gasteiger partial charge in [-0.25, -0.2) is 4.98 Å². The fourth-order valence-corrected chi connectivity index (χ4v) is 1.75. The van der Waals surface area contributed by atoms with E-state index in [0.29, 0.717) is 13.0 Å². The molecule has 0 bridgehead atoms. The zero-order valence-electron chi connectivity index (χ0n) is 10.2. The highest BCUT2D eigenvalue weighted by molar-refractivity contribution is 5.80. The number of benzene rings is 1. The number of rotatable bonds is 4. The third kappa shape index (κ3) is 2.48. The Morgan fingerprint density at radius 2 is 2.28 bits per heavy atom. The van der Waals surface area contributed by atoms with Gasteiger partial charge in [-0.15, -0.1) is 0 Å². The third-order valence-electron chi connectivity index (χ3n) is 2.82. The van der Waals surface area contributed by atoms with Crippen LogP contribution in [0.2, 0.25) is 0 Å². The molecule has 0 atom stereocenters. The summed E-state index contributed by atoms with van der Waals surface area (Å²) >= 11 is 0. The maximum absolute atomic E-state index is 11.9. The lowest BCUT2D eigenvalue weighted by atomic mass is 10.3. The first-order chi connectivity index (χ1) is 8.72. The lowest BCUT2D eigenvalue weighted by Gasteiger charge is -2.15. The van der Waals surface area contributed by atoms with E-state index in [1.807, 2.05) is 34.9 Å². The van der Waals surface area contributed by atoms with Crippen LogP contribution in [0, 0.1) is 11.3 Å². The number of amides is 1. The number of likely N-dealkylation sites (N-methyl/N-ethyl adjacent to an activating group) is 1. The van der Waals surface area contributed by atoms with Gasteiger partial charge < -0.3 is 9.47 Å². The molecule has 0 spiro atoms. The number of nitriles is 1. The molecule has 0 aliphatic heterocycles. The minimum absolute atomic E-state index is 0.0200. The summed E-state index contributed by atoms with van der Waals surface area (Å²) < 4.78 is 1.82. The zero-order chi connectivity index (χ0) is 13.0. The van der Waals surface area contributed by atoms with Gasteiger partial charge in [0.25, 0.3) is 0 Å². The van der Waals surface area contributed by atoms with Gasteiger partial charge in [-0.2, -0.15) is 5.26 Å². The zero-order valence-corrected chi connectivity index (χ0v) is 10.2. The van der Waals surface area contributed by atoms with Crippen LogP contribution in [0.15, 0.2) is 30.6 Å². The van der Waals surface area contributed by atoms with E-state index < -0.39 is 0 Å². The van der Waals surface area contributed by atoms with Gasteiger partial charge >= 0.3 is 0 Å². The van der Waals surface area contributed by atoms with Gasteiger partial charge in [0, 0.05) is 13.6 Å². The van der Waals surface area contributed by atoms with E-state index in [0.717, 1.165) is 11.0 Å². The van der Waals surface area contributed by atoms with Gasteiger partial charge in [-0.3, -0.25) is 4.79 Å². The van der Waals surface area contributed by atoms with Crippen LogP contribution >= 0.6 is 0 Å². The fourth-order valence-electron chi connectivity index (χ4n) is 1.75. The first-order valence-electron chi connectivity index (χ1n) is 5.73. The molecule has 1 aromatic carbocycles. The lowest BCUT2D eigenvalue weighted by molar-refractivity contribution is -0.130. The highest BCUT2D eigenvalue weighted by Gasteiger charge is 2.10. The SMILES string of the molecule is CN(CCC#N)C(=O)Cn1cnc2ccccc21. The molecule has 0 aliphatic rings. The van der Waals surface area contributed by atoms with Crippen molar-refractivity contribution in [1.29, 1.82) is 5.26 Å². The number of carbonyl (C=O) groups is 1. The minimum atomic E-state index is -0.0200. The Balaban J connectivity index is 2.10. The monoisotopic (exact) mass is 242 g/mol. The Hall–Kier alpha value is -2.35. The van der Waals surface area contributed by atoms with E-state index in [-0.39, 0.29) is 12.5 Å². The number of hydrogen-bond acceptors (Lipinski definition) is 3. The van der Waals surface area contributed by atoms with Crippen LogP contribution in [0.3, 0.4) is 0 Å². The quantitative estimate of drug-likeness (QED) is 0.814. The summed E-state index contributed by atoms with van der Waals surface area (Å²) in [6, 6.07) is 9.71. The summed E-state index contributed by atoms with van der Waals surface area (Å²) in [5, 5.41) is 8.49. The summed E-state index contributed by atoms with van der Waals surface area (Å²) in [6.45, 7) is 0.713. The van der Waals surface area contributed by atoms with E-state index in [9.17, 15) is 4.79 Å². The molecule has 0 saturated carbocycles. The van der Waals surface area contributed by atoms with Crippen LogP contribution in [0.1, 0.15) is 6.42 Å². The molecule has 1 aromatic heterocycles. The number of nitrogens with zero attached hydrogens (tertiary/aromatic N) is 4. The number of fused-ring (bicyclic) bond motifs is 1. The Bertz CT molecular complexity index is 596. The average Bonchev–Trinajstić information content (AvgIpc) is 2.79. The lowest BCUT2D eigenvalue weighted by Crippen LogP contribution is -2.30. The molecule has 1 amide bonds. The second-order valence-electron chi connectivity index (χ2n) is 4.08. The highest BCUT2D eigenvalue weighted by atomic mass is 16.2. The van der Waals surface area contributed by atoms with Gasteiger partial charge in [-0.05, 0) is 12.1 Å². The molecule has 0 fully saturated rings. The molecule has 18 heavy (non-hydrogen) atoms. The van der Waals surface area contributed by atoms with Crippen molar-refractivity contribution in [2.45, 2.75) is 13.0 Å². The van der Waals surface area contributed by atoms with Crippen LogP contribution < -0.4 is 0 Å². The summed E-state index contributed by atoms with van der Waals surface area (Å²) in [5.41, 5.74) is 1.82. The summed E-state index contributed by atoms with van der Waals surface area (Å²) in [7, 11) is 1.71. The second kappa shape index (κ2) is 5.32. The van der Waals surface area contributed by atoms with Crippen molar-refractivity contribution in [3.05, 3.63) is 30.6 Å². The van der Waals surface area contributed by atoms with E-state index in [4.69, 9.17) is 5.26 Å². The number of para-hydroxylation sites is 2. The van der Waals surface area contributed by atoms with Crippen molar-refractivity contribution in [1.82, 2.24) is 14.5 Å². The maximum atomic E-state index is 11.9. The standard InChI is InChI=1S/C13H14N4O/c1-16(8-4-7-14)13(18)9-17-10-15-11-5-2-3-6-12(11)17/h2-3,5-6,10H,4,8-9H2,1H3. The number of carbonyl (C=O) groups excluding carboxylic acids is 1. The molecular weight excluding hydrogens is 228 g/mol. The third-order valence-corrected chi connectivity index (χ3v) is 2.82. The molecule has 0 N–H and O–H groups in total. The topological polar surface area (TPSA) is 61.9 Å². The molecule has 0 unspecified atom stereocenters. The minimum Gasteiger partial charge on any atom is -0.343 e. The molecule has 2 aromatic rings. The molecule has 2 rings (SSSR count). The van der Waals surface area contributed by atoms with Crippen molar-refractivity contribution in [3.8, 4) is 6.07 Å². The van der Waals surface area contributed by atoms with E-state index in [2.05, 4.69) is 4.98 Å². The Morgan fingerprint density at radius 3 is 3.06 bits per heavy atom. The van der Waals surface area contributed by atoms with Crippen molar-refractivity contribution in [2.24, 2.45) is 0 Å². The summed E-state index contributed by atoms with van der Waals surface area (Å²) in [4.78, 5) is 17.7. The fraction of sp³-hybridized carbons (Fsp3) is 0.308. The number of imidazole rings is 1. The van der Waals surface area contributed by atoms with Crippen LogP contribution in [-0.4, -0.2) is 34.0 Å². The van der Waals surface area contributed by atoms with Crippen molar-refractivity contribution >= 4 is 16.9 Å². The smallest absolute Gasteiger partial charge is 0.242 e. The Labute approximate surface area is 105 Å². The molecule has 0 radical (unpaired) electrons. The predicted molar refractivity (Wildman–Crippen MR) is 67.6 cm³/mol. The number of hydrogen-bond donors (Lipinski definition) is 0. The van der Waals surface area contributed by atoms with Crippen LogP contribution in [0.4, 0.5) is 0 Å². The molecule has 0 aliphatic carbocycles. The summed E-state index contributed by atoms with van der Waals surface area (Å²) in [6.07, 6.45) is 2.02. The van der Waals surface area contributed by atoms with Gasteiger partial charge in [0.05, 0.1) is 29.9 Å². The molecule has 1 heterocycles. The average molecular weight is 242 g/mol. The van der Waals surface area contributed by atoms with Gasteiger partial charge in [0.15, 0.2) is 0 Å². The largest absolute Gasteiger partial charge is 0.343 e. The van der Waals surface area contributed by atoms with Crippen molar-refractivity contribution in [2.75, 3.05) is 13.6 Å². The molecular formula is C13H14N4O. The maximum Gasteiger partial charge on any atom is 0.242 e. The predicted octanol–water partition coefficient (Wildman–Crippen LogP) is 1.41. The molecule has 92 valence electrons. The summed E-state index contributed by atoms with van der Waals surface area (Å²) in [5.74, 6) is -0.0200. The normalized spacial score (nSPS) is 10.2. The molecule has 0 saturated heterocycles. The van der Waals surface area contributed by atoms with E-state index >= 15 is 0 Å². The van der Waals surface area contributed by atoms with E-state index in [1.54, 1.807) is 18.3 Å². The van der Waals surface area contributed by atoms with Crippen molar-refractivity contribution in [3.63, 3.8) is 0 Å².